The quantitative estimate of drug-likeness (QED) is 0.409. The highest BCUT2D eigenvalue weighted by Gasteiger charge is 2.14. The van der Waals surface area contributed by atoms with Crippen molar-refractivity contribution in [2.75, 3.05) is 5.32 Å². The number of anilines is 1. The van der Waals surface area contributed by atoms with Gasteiger partial charge in [0.25, 0.3) is 11.8 Å². The lowest BCUT2D eigenvalue weighted by Gasteiger charge is -2.11. The topological polar surface area (TPSA) is 100 Å². The molecule has 7 nitrogen and oxygen atoms in total. The fourth-order valence-electron chi connectivity index (χ4n) is 2.93. The number of nitrogens with zero attached hydrogens (tertiary/aromatic N) is 1. The number of aryl methyl sites for hydroxylation is 2. The summed E-state index contributed by atoms with van der Waals surface area (Å²) in [6, 6.07) is 13.6. The average Bonchev–Trinajstić information content (AvgIpc) is 2.77. The standard InChI is InChI=1S/C25H21ClN4O3/c1-15-7-10-20(24(32)29-30-25(33)23-16(2)5-4-6-21(23)26)13-19(15)11-8-18-9-12-22(27-14-18)28-17(3)31/h4-7,9-10,12-14H,1-3H3,(H,29,32)(H,30,33)(H,27,28,31). The number of carbonyl (C=O) groups is 3. The minimum Gasteiger partial charge on any atom is -0.311 e. The first-order valence-electron chi connectivity index (χ1n) is 9.96. The van der Waals surface area contributed by atoms with Crippen molar-refractivity contribution in [3.8, 4) is 11.8 Å². The first kappa shape index (κ1) is 23.5. The maximum atomic E-state index is 12.6. The Morgan fingerprint density at radius 1 is 0.909 bits per heavy atom. The predicted molar refractivity (Wildman–Crippen MR) is 127 cm³/mol. The van der Waals surface area contributed by atoms with Crippen LogP contribution in [0.25, 0.3) is 0 Å². The molecule has 3 rings (SSSR count). The minimum atomic E-state index is -0.506. The van der Waals surface area contributed by atoms with Gasteiger partial charge in [0.2, 0.25) is 5.91 Å². The van der Waals surface area contributed by atoms with Crippen LogP contribution in [0.3, 0.4) is 0 Å². The molecule has 0 saturated carbocycles. The lowest BCUT2D eigenvalue weighted by molar-refractivity contribution is -0.114. The summed E-state index contributed by atoms with van der Waals surface area (Å²) in [5, 5.41) is 2.89. The Bertz CT molecular complexity index is 1270. The number of halogens is 1. The summed E-state index contributed by atoms with van der Waals surface area (Å²) in [6.45, 7) is 5.05. The van der Waals surface area contributed by atoms with E-state index in [-0.39, 0.29) is 5.91 Å². The lowest BCUT2D eigenvalue weighted by atomic mass is 10.0. The summed E-state index contributed by atoms with van der Waals surface area (Å²) in [6.07, 6.45) is 1.55. The summed E-state index contributed by atoms with van der Waals surface area (Å²) in [5.74, 6) is 5.26. The smallest absolute Gasteiger partial charge is 0.271 e. The Morgan fingerprint density at radius 3 is 2.33 bits per heavy atom. The zero-order valence-electron chi connectivity index (χ0n) is 18.2. The second kappa shape index (κ2) is 10.4. The SMILES string of the molecule is CC(=O)Nc1ccc(C#Cc2cc(C(=O)NNC(=O)c3c(C)cccc3Cl)ccc2C)cn1. The van der Waals surface area contributed by atoms with E-state index in [9.17, 15) is 14.4 Å². The van der Waals surface area contributed by atoms with Crippen molar-refractivity contribution in [3.05, 3.63) is 93.1 Å². The van der Waals surface area contributed by atoms with Gasteiger partial charge < -0.3 is 5.32 Å². The molecule has 0 radical (unpaired) electrons. The Labute approximate surface area is 196 Å². The summed E-state index contributed by atoms with van der Waals surface area (Å²) < 4.78 is 0. The number of pyridine rings is 1. The second-order valence-corrected chi connectivity index (χ2v) is 7.64. The molecule has 0 saturated heterocycles. The van der Waals surface area contributed by atoms with E-state index in [4.69, 9.17) is 11.6 Å². The van der Waals surface area contributed by atoms with Gasteiger partial charge in [-0.1, -0.05) is 41.6 Å². The molecule has 0 bridgehead atoms. The first-order chi connectivity index (χ1) is 15.7. The molecule has 8 heteroatoms. The number of carbonyl (C=O) groups excluding carboxylic acids is 3. The molecule has 0 atom stereocenters. The summed E-state index contributed by atoms with van der Waals surface area (Å²) >= 11 is 6.10. The van der Waals surface area contributed by atoms with E-state index in [0.29, 0.717) is 38.7 Å². The van der Waals surface area contributed by atoms with Gasteiger partial charge in [0.15, 0.2) is 0 Å². The molecule has 3 amide bonds. The van der Waals surface area contributed by atoms with Gasteiger partial charge in [-0.2, -0.15) is 0 Å². The van der Waals surface area contributed by atoms with E-state index in [1.165, 1.54) is 6.92 Å². The van der Waals surface area contributed by atoms with Crippen molar-refractivity contribution in [1.29, 1.82) is 0 Å². The van der Waals surface area contributed by atoms with Gasteiger partial charge in [-0.25, -0.2) is 4.98 Å². The van der Waals surface area contributed by atoms with Crippen molar-refractivity contribution in [2.24, 2.45) is 0 Å². The third-order valence-corrected chi connectivity index (χ3v) is 4.96. The van der Waals surface area contributed by atoms with Crippen LogP contribution >= 0.6 is 11.6 Å². The highest BCUT2D eigenvalue weighted by Crippen LogP contribution is 2.19. The van der Waals surface area contributed by atoms with Crippen LogP contribution in [0.15, 0.2) is 54.7 Å². The molecule has 3 N–H and O–H groups in total. The van der Waals surface area contributed by atoms with Gasteiger partial charge in [0, 0.05) is 29.8 Å². The lowest BCUT2D eigenvalue weighted by Crippen LogP contribution is -2.42. The summed E-state index contributed by atoms with van der Waals surface area (Å²) in [7, 11) is 0. The van der Waals surface area contributed by atoms with Gasteiger partial charge in [0.05, 0.1) is 10.6 Å². The van der Waals surface area contributed by atoms with Crippen molar-refractivity contribution in [3.63, 3.8) is 0 Å². The average molecular weight is 461 g/mol. The second-order valence-electron chi connectivity index (χ2n) is 7.23. The van der Waals surface area contributed by atoms with E-state index >= 15 is 0 Å². The molecule has 1 heterocycles. The van der Waals surface area contributed by atoms with Gasteiger partial charge in [-0.15, -0.1) is 0 Å². The van der Waals surface area contributed by atoms with Crippen molar-refractivity contribution >= 4 is 35.1 Å². The molecule has 0 fully saturated rings. The fourth-order valence-corrected chi connectivity index (χ4v) is 3.23. The van der Waals surface area contributed by atoms with Crippen LogP contribution in [0.2, 0.25) is 5.02 Å². The van der Waals surface area contributed by atoms with Crippen LogP contribution in [0.4, 0.5) is 5.82 Å². The molecule has 3 aromatic rings. The third kappa shape index (κ3) is 6.19. The molecule has 0 spiro atoms. The van der Waals surface area contributed by atoms with E-state index < -0.39 is 11.8 Å². The highest BCUT2D eigenvalue weighted by atomic mass is 35.5. The van der Waals surface area contributed by atoms with E-state index in [0.717, 1.165) is 5.56 Å². The van der Waals surface area contributed by atoms with E-state index in [1.807, 2.05) is 6.92 Å². The third-order valence-electron chi connectivity index (χ3n) is 4.65. The maximum absolute atomic E-state index is 12.6. The molecule has 2 aromatic carbocycles. The number of aromatic nitrogens is 1. The molecule has 0 unspecified atom stereocenters. The van der Waals surface area contributed by atoms with Gasteiger partial charge >= 0.3 is 0 Å². The summed E-state index contributed by atoms with van der Waals surface area (Å²) in [4.78, 5) is 40.2. The van der Waals surface area contributed by atoms with Crippen molar-refractivity contribution < 1.29 is 14.4 Å². The number of hydrogen-bond donors (Lipinski definition) is 3. The minimum absolute atomic E-state index is 0.203. The molecule has 0 aliphatic heterocycles. The summed E-state index contributed by atoms with van der Waals surface area (Å²) in [5.41, 5.74) is 8.32. The van der Waals surface area contributed by atoms with Crippen LogP contribution in [0.5, 0.6) is 0 Å². The Balaban J connectivity index is 1.71. The Kier molecular flexibility index (Phi) is 7.44. The van der Waals surface area contributed by atoms with Gasteiger partial charge in [0.1, 0.15) is 5.82 Å². The van der Waals surface area contributed by atoms with Crippen molar-refractivity contribution in [1.82, 2.24) is 15.8 Å². The number of benzene rings is 2. The zero-order valence-corrected chi connectivity index (χ0v) is 19.0. The normalized spacial score (nSPS) is 9.94. The Hall–Kier alpha value is -4.15. The number of hydrazine groups is 1. The van der Waals surface area contributed by atoms with E-state index in [2.05, 4.69) is 33.0 Å². The molecule has 0 aliphatic carbocycles. The predicted octanol–water partition coefficient (Wildman–Crippen LogP) is 3.78. The monoisotopic (exact) mass is 460 g/mol. The number of amides is 3. The molecule has 33 heavy (non-hydrogen) atoms. The number of hydrogen-bond acceptors (Lipinski definition) is 4. The first-order valence-corrected chi connectivity index (χ1v) is 10.3. The van der Waals surface area contributed by atoms with Crippen LogP contribution in [-0.2, 0) is 4.79 Å². The van der Waals surface area contributed by atoms with Crippen LogP contribution in [0, 0.1) is 25.7 Å². The van der Waals surface area contributed by atoms with Crippen LogP contribution in [-0.4, -0.2) is 22.7 Å². The zero-order chi connectivity index (χ0) is 24.0. The largest absolute Gasteiger partial charge is 0.311 e. The van der Waals surface area contributed by atoms with Crippen LogP contribution in [0.1, 0.15) is 49.9 Å². The maximum Gasteiger partial charge on any atom is 0.271 e. The molecule has 0 aliphatic rings. The number of nitrogens with one attached hydrogen (secondary N) is 3. The fraction of sp³-hybridized carbons (Fsp3) is 0.120. The van der Waals surface area contributed by atoms with Crippen LogP contribution < -0.4 is 16.2 Å². The van der Waals surface area contributed by atoms with E-state index in [1.54, 1.807) is 61.7 Å². The van der Waals surface area contributed by atoms with Gasteiger partial charge in [-0.3, -0.25) is 25.2 Å². The number of rotatable bonds is 3. The molecule has 166 valence electrons. The van der Waals surface area contributed by atoms with Crippen molar-refractivity contribution in [2.45, 2.75) is 20.8 Å². The van der Waals surface area contributed by atoms with Gasteiger partial charge in [-0.05, 0) is 55.3 Å². The molecular weight excluding hydrogens is 440 g/mol. The highest BCUT2D eigenvalue weighted by molar-refractivity contribution is 6.34. The molecular formula is C25H21ClN4O3. The Morgan fingerprint density at radius 2 is 1.67 bits per heavy atom. The molecule has 1 aromatic heterocycles.